The number of hydrogen-bond donors (Lipinski definition) is 3. The number of carbonyl (C=O) groups excluding carboxylic acids is 1. The molecule has 138 valence electrons. The number of aromatic amines is 1. The van der Waals surface area contributed by atoms with Crippen LogP contribution in [-0.4, -0.2) is 59.8 Å². The van der Waals surface area contributed by atoms with Gasteiger partial charge in [0.05, 0.1) is 18.2 Å². The average Bonchev–Trinajstić information content (AvgIpc) is 2.55. The molecule has 3 N–H and O–H groups in total. The average molecular weight is 397 g/mol. The van der Waals surface area contributed by atoms with Gasteiger partial charge in [-0.2, -0.15) is 0 Å². The first kappa shape index (κ1) is 18.5. The van der Waals surface area contributed by atoms with Crippen LogP contribution in [0.25, 0.3) is 0 Å². The number of amides is 1. The summed E-state index contributed by atoms with van der Waals surface area (Å²) in [6.45, 7) is 1.55. The number of β-lactam (4-membered cyclic amide) rings is 1. The Hall–Kier alpha value is -2.27. The molecule has 0 unspecified atom stereocenters. The lowest BCUT2D eigenvalue weighted by molar-refractivity contribution is -0.146. The van der Waals surface area contributed by atoms with Crippen LogP contribution in [0.3, 0.4) is 0 Å². The number of aliphatic carboxylic acids is 2. The van der Waals surface area contributed by atoms with Crippen LogP contribution in [0.4, 0.5) is 0 Å². The predicted octanol–water partition coefficient (Wildman–Crippen LogP) is 0.441. The summed E-state index contributed by atoms with van der Waals surface area (Å²) in [5, 5.41) is 18.5. The highest BCUT2D eigenvalue weighted by Gasteiger charge is 2.45. The Labute approximate surface area is 155 Å². The molecule has 1 aromatic rings. The highest BCUT2D eigenvalue weighted by Crippen LogP contribution is 2.40. The Bertz CT molecular complexity index is 894. The molecule has 1 fully saturated rings. The van der Waals surface area contributed by atoms with E-state index in [0.29, 0.717) is 23.4 Å². The van der Waals surface area contributed by atoms with Crippen LogP contribution in [0.5, 0.6) is 0 Å². The molecule has 1 saturated heterocycles. The highest BCUT2D eigenvalue weighted by molar-refractivity contribution is 8.00. The number of thioether (sulfide) groups is 2. The van der Waals surface area contributed by atoms with E-state index in [2.05, 4.69) is 9.97 Å². The van der Waals surface area contributed by atoms with Gasteiger partial charge in [0.25, 0.3) is 5.56 Å². The quantitative estimate of drug-likeness (QED) is 0.354. The number of carboxylic acid groups (broad SMARTS) is 2. The molecule has 26 heavy (non-hydrogen) atoms. The van der Waals surface area contributed by atoms with E-state index < -0.39 is 23.9 Å². The monoisotopic (exact) mass is 397 g/mol. The third-order valence-corrected chi connectivity index (χ3v) is 6.28. The first-order valence-corrected chi connectivity index (χ1v) is 9.64. The molecule has 9 nitrogen and oxygen atoms in total. The molecule has 1 aromatic heterocycles. The standard InChI is InChI=1S/C15H15N3O6S2/c1-6-8(2-11(20)21)13(22)17-15(16-6)26-5-7-4-25-10-3-9(19)18(10)12(7)14(23)24/h10H,2-5H2,1H3,(H,20,21)(H,23,24)(H,16,17,22)/t10-/m0/s1. The Morgan fingerprint density at radius 1 is 1.38 bits per heavy atom. The van der Waals surface area contributed by atoms with Gasteiger partial charge in [0.2, 0.25) is 5.91 Å². The number of carbonyl (C=O) groups is 3. The molecule has 0 spiro atoms. The summed E-state index contributed by atoms with van der Waals surface area (Å²) in [4.78, 5) is 54.1. The number of nitrogens with one attached hydrogen (secondary N) is 1. The van der Waals surface area contributed by atoms with Crippen molar-refractivity contribution in [2.75, 3.05) is 11.5 Å². The molecule has 1 atom stereocenters. The van der Waals surface area contributed by atoms with Crippen molar-refractivity contribution in [3.63, 3.8) is 0 Å². The molecule has 1 amide bonds. The van der Waals surface area contributed by atoms with Crippen molar-refractivity contribution < 1.29 is 24.6 Å². The van der Waals surface area contributed by atoms with Gasteiger partial charge in [0.1, 0.15) is 5.70 Å². The zero-order chi connectivity index (χ0) is 19.0. The Balaban J connectivity index is 1.81. The van der Waals surface area contributed by atoms with Crippen LogP contribution in [0.1, 0.15) is 17.7 Å². The molecule has 0 aromatic carbocycles. The van der Waals surface area contributed by atoms with Crippen LogP contribution in [-0.2, 0) is 20.8 Å². The number of fused-ring (bicyclic) bond motifs is 1. The van der Waals surface area contributed by atoms with Crippen LogP contribution in [0.15, 0.2) is 21.2 Å². The molecule has 0 bridgehead atoms. The molecule has 2 aliphatic heterocycles. The van der Waals surface area contributed by atoms with Crippen LogP contribution in [0, 0.1) is 6.92 Å². The molecule has 2 aliphatic rings. The normalized spacial score (nSPS) is 19.2. The minimum Gasteiger partial charge on any atom is -0.481 e. The predicted molar refractivity (Wildman–Crippen MR) is 94.0 cm³/mol. The number of rotatable bonds is 6. The topological polar surface area (TPSA) is 141 Å². The van der Waals surface area contributed by atoms with Crippen molar-refractivity contribution in [1.82, 2.24) is 14.9 Å². The minimum atomic E-state index is -1.15. The van der Waals surface area contributed by atoms with Crippen molar-refractivity contribution in [1.29, 1.82) is 0 Å². The highest BCUT2D eigenvalue weighted by atomic mass is 32.2. The van der Waals surface area contributed by atoms with E-state index in [0.717, 1.165) is 11.8 Å². The SMILES string of the molecule is Cc1nc(SCC2=C(C(=O)O)N3C(=O)C[C@@H]3SC2)[nH]c(=O)c1CC(=O)O. The van der Waals surface area contributed by atoms with Crippen LogP contribution >= 0.6 is 23.5 Å². The number of aryl methyl sites for hydroxylation is 1. The number of hydrogen-bond acceptors (Lipinski definition) is 7. The third-order valence-electron chi connectivity index (χ3n) is 4.05. The zero-order valence-corrected chi connectivity index (χ0v) is 15.3. The summed E-state index contributed by atoms with van der Waals surface area (Å²) < 4.78 is 0. The molecule has 0 saturated carbocycles. The largest absolute Gasteiger partial charge is 0.481 e. The minimum absolute atomic E-state index is 0.0130. The van der Waals surface area contributed by atoms with E-state index in [1.165, 1.54) is 16.7 Å². The molecular formula is C15H15N3O6S2. The number of nitrogens with zero attached hydrogens (tertiary/aromatic N) is 2. The van der Waals surface area contributed by atoms with E-state index in [4.69, 9.17) is 5.11 Å². The van der Waals surface area contributed by atoms with Crippen molar-refractivity contribution in [2.45, 2.75) is 30.3 Å². The van der Waals surface area contributed by atoms with Gasteiger partial charge in [-0.25, -0.2) is 9.78 Å². The molecule has 3 heterocycles. The van der Waals surface area contributed by atoms with Crippen molar-refractivity contribution in [3.05, 3.63) is 32.9 Å². The fourth-order valence-corrected chi connectivity index (χ4v) is 5.07. The maximum atomic E-state index is 12.0. The van der Waals surface area contributed by atoms with E-state index >= 15 is 0 Å². The second-order valence-electron chi connectivity index (χ2n) is 5.79. The van der Waals surface area contributed by atoms with Crippen LogP contribution < -0.4 is 5.56 Å². The van der Waals surface area contributed by atoms with Gasteiger partial charge in [0, 0.05) is 22.8 Å². The fourth-order valence-electron chi connectivity index (χ4n) is 2.76. The third kappa shape index (κ3) is 3.49. The van der Waals surface area contributed by atoms with E-state index in [9.17, 15) is 24.3 Å². The van der Waals surface area contributed by atoms with Gasteiger partial charge in [0.15, 0.2) is 5.16 Å². The van der Waals surface area contributed by atoms with Crippen molar-refractivity contribution in [3.8, 4) is 0 Å². The fraction of sp³-hybridized carbons (Fsp3) is 0.400. The summed E-state index contributed by atoms with van der Waals surface area (Å²) in [7, 11) is 0. The molecule has 3 rings (SSSR count). The zero-order valence-electron chi connectivity index (χ0n) is 13.6. The summed E-state index contributed by atoms with van der Waals surface area (Å²) in [5.41, 5.74) is 0.494. The second kappa shape index (κ2) is 7.16. The first-order valence-electron chi connectivity index (χ1n) is 7.61. The maximum Gasteiger partial charge on any atom is 0.352 e. The Kier molecular flexibility index (Phi) is 5.10. The molecule has 0 radical (unpaired) electrons. The molecular weight excluding hydrogens is 382 g/mol. The summed E-state index contributed by atoms with van der Waals surface area (Å²) in [5.74, 6) is -1.73. The number of aromatic nitrogens is 2. The smallest absolute Gasteiger partial charge is 0.352 e. The van der Waals surface area contributed by atoms with E-state index in [-0.39, 0.29) is 33.5 Å². The molecule has 0 aliphatic carbocycles. The first-order chi connectivity index (χ1) is 12.3. The lowest BCUT2D eigenvalue weighted by Crippen LogP contribution is -2.54. The van der Waals surface area contributed by atoms with Gasteiger partial charge in [-0.15, -0.1) is 11.8 Å². The maximum absolute atomic E-state index is 12.0. The Morgan fingerprint density at radius 2 is 2.12 bits per heavy atom. The second-order valence-corrected chi connectivity index (χ2v) is 7.92. The van der Waals surface area contributed by atoms with Gasteiger partial charge in [-0.1, -0.05) is 11.8 Å². The lowest BCUT2D eigenvalue weighted by Gasteiger charge is -2.43. The van der Waals surface area contributed by atoms with Gasteiger partial charge >= 0.3 is 11.9 Å². The number of H-pyrrole nitrogens is 1. The summed E-state index contributed by atoms with van der Waals surface area (Å²) in [6.07, 6.45) is -0.0660. The van der Waals surface area contributed by atoms with E-state index in [1.54, 1.807) is 6.92 Å². The number of carboxylic acids is 2. The Morgan fingerprint density at radius 3 is 2.69 bits per heavy atom. The summed E-state index contributed by atoms with van der Waals surface area (Å²) >= 11 is 2.66. The molecule has 11 heteroatoms. The van der Waals surface area contributed by atoms with Gasteiger partial charge in [-0.3, -0.25) is 19.3 Å². The van der Waals surface area contributed by atoms with Crippen molar-refractivity contribution >= 4 is 41.4 Å². The lowest BCUT2D eigenvalue weighted by atomic mass is 10.1. The van der Waals surface area contributed by atoms with Crippen molar-refractivity contribution in [2.24, 2.45) is 0 Å². The summed E-state index contributed by atoms with van der Waals surface area (Å²) in [6, 6.07) is 0. The van der Waals surface area contributed by atoms with E-state index in [1.807, 2.05) is 0 Å². The van der Waals surface area contributed by atoms with Gasteiger partial charge < -0.3 is 15.2 Å². The van der Waals surface area contributed by atoms with Gasteiger partial charge in [-0.05, 0) is 12.5 Å². The van der Waals surface area contributed by atoms with Crippen LogP contribution in [0.2, 0.25) is 0 Å².